The number of carbonyl (C=O) groups excluding carboxylic acids is 1. The maximum absolute atomic E-state index is 12.1. The highest BCUT2D eigenvalue weighted by atomic mass is 32.1. The fourth-order valence-electron chi connectivity index (χ4n) is 2.87. The van der Waals surface area contributed by atoms with Crippen molar-refractivity contribution < 1.29 is 9.53 Å². The summed E-state index contributed by atoms with van der Waals surface area (Å²) in [5.74, 6) is 0.213. The van der Waals surface area contributed by atoms with Crippen LogP contribution < -0.4 is 5.32 Å². The first-order valence-corrected chi connectivity index (χ1v) is 7.38. The smallest absolute Gasteiger partial charge is 0.238 e. The van der Waals surface area contributed by atoms with Crippen LogP contribution in [0.25, 0.3) is 0 Å². The van der Waals surface area contributed by atoms with Gasteiger partial charge < -0.3 is 9.64 Å². The minimum Gasteiger partial charge on any atom is -0.378 e. The fraction of sp³-hybridized carbons (Fsp3) is 0.615. The number of ether oxygens (including phenoxy) is 1. The SMILES string of the molecule is CC1CC(N2C(=O)CNC2c2ccsc2)CCO1. The number of hydrogen-bond donors (Lipinski definition) is 1. The van der Waals surface area contributed by atoms with Crippen LogP contribution >= 0.6 is 11.3 Å². The molecule has 98 valence electrons. The highest BCUT2D eigenvalue weighted by Crippen LogP contribution is 2.31. The molecule has 3 rings (SSSR count). The summed E-state index contributed by atoms with van der Waals surface area (Å²) in [6, 6.07) is 2.40. The zero-order chi connectivity index (χ0) is 12.5. The van der Waals surface area contributed by atoms with Crippen LogP contribution in [0, 0.1) is 0 Å². The first-order valence-electron chi connectivity index (χ1n) is 6.44. The molecule has 2 saturated heterocycles. The molecule has 3 atom stereocenters. The third kappa shape index (κ3) is 2.18. The Morgan fingerprint density at radius 1 is 1.56 bits per heavy atom. The first kappa shape index (κ1) is 12.1. The molecule has 1 aromatic rings. The molecule has 4 nitrogen and oxygen atoms in total. The van der Waals surface area contributed by atoms with Crippen molar-refractivity contribution >= 4 is 17.2 Å². The summed E-state index contributed by atoms with van der Waals surface area (Å²) in [5.41, 5.74) is 1.20. The van der Waals surface area contributed by atoms with Crippen molar-refractivity contribution in [2.45, 2.75) is 38.1 Å². The molecular weight excluding hydrogens is 248 g/mol. The number of thiophene rings is 1. The second-order valence-corrected chi connectivity index (χ2v) is 5.78. The number of amides is 1. The predicted molar refractivity (Wildman–Crippen MR) is 70.3 cm³/mol. The van der Waals surface area contributed by atoms with Crippen molar-refractivity contribution in [3.8, 4) is 0 Å². The van der Waals surface area contributed by atoms with Gasteiger partial charge in [-0.1, -0.05) is 0 Å². The maximum Gasteiger partial charge on any atom is 0.238 e. The molecule has 3 heterocycles. The molecule has 1 aromatic heterocycles. The van der Waals surface area contributed by atoms with Crippen molar-refractivity contribution in [1.82, 2.24) is 10.2 Å². The molecule has 2 fully saturated rings. The van der Waals surface area contributed by atoms with Gasteiger partial charge in [-0.2, -0.15) is 11.3 Å². The summed E-state index contributed by atoms with van der Waals surface area (Å²) in [6.45, 7) is 3.29. The lowest BCUT2D eigenvalue weighted by Gasteiger charge is -2.37. The summed E-state index contributed by atoms with van der Waals surface area (Å²) in [7, 11) is 0. The monoisotopic (exact) mass is 266 g/mol. The molecule has 2 aliphatic heterocycles. The van der Waals surface area contributed by atoms with Gasteiger partial charge in [0.25, 0.3) is 0 Å². The van der Waals surface area contributed by atoms with Gasteiger partial charge in [0.2, 0.25) is 5.91 Å². The number of hydrogen-bond acceptors (Lipinski definition) is 4. The topological polar surface area (TPSA) is 41.6 Å². The summed E-state index contributed by atoms with van der Waals surface area (Å²) >= 11 is 1.67. The van der Waals surface area contributed by atoms with E-state index in [1.807, 2.05) is 4.90 Å². The van der Waals surface area contributed by atoms with Crippen molar-refractivity contribution in [1.29, 1.82) is 0 Å². The van der Waals surface area contributed by atoms with E-state index in [1.165, 1.54) is 5.56 Å². The van der Waals surface area contributed by atoms with E-state index in [1.54, 1.807) is 11.3 Å². The predicted octanol–water partition coefficient (Wildman–Crippen LogP) is 1.75. The Balaban J connectivity index is 1.81. The number of nitrogens with one attached hydrogen (secondary N) is 1. The third-order valence-electron chi connectivity index (χ3n) is 3.72. The molecule has 1 N–H and O–H groups in total. The van der Waals surface area contributed by atoms with Crippen LogP contribution in [-0.4, -0.2) is 36.1 Å². The van der Waals surface area contributed by atoms with E-state index in [9.17, 15) is 4.79 Å². The Morgan fingerprint density at radius 3 is 3.17 bits per heavy atom. The van der Waals surface area contributed by atoms with E-state index in [4.69, 9.17) is 4.74 Å². The molecule has 5 heteroatoms. The Hall–Kier alpha value is -0.910. The second kappa shape index (κ2) is 4.99. The first-order chi connectivity index (χ1) is 8.75. The van der Waals surface area contributed by atoms with E-state index >= 15 is 0 Å². The van der Waals surface area contributed by atoms with E-state index in [-0.39, 0.29) is 18.2 Å². The second-order valence-electron chi connectivity index (χ2n) is 5.00. The van der Waals surface area contributed by atoms with Crippen LogP contribution in [0.5, 0.6) is 0 Å². The minimum atomic E-state index is 0.0547. The zero-order valence-corrected chi connectivity index (χ0v) is 11.3. The van der Waals surface area contributed by atoms with Gasteiger partial charge in [0.15, 0.2) is 0 Å². The van der Waals surface area contributed by atoms with Crippen molar-refractivity contribution in [3.63, 3.8) is 0 Å². The van der Waals surface area contributed by atoms with Crippen molar-refractivity contribution in [2.24, 2.45) is 0 Å². The lowest BCUT2D eigenvalue weighted by atomic mass is 10.0. The molecule has 0 spiro atoms. The Kier molecular flexibility index (Phi) is 3.37. The van der Waals surface area contributed by atoms with Crippen molar-refractivity contribution in [2.75, 3.05) is 13.2 Å². The quantitative estimate of drug-likeness (QED) is 0.886. The normalized spacial score (nSPS) is 33.1. The molecule has 0 aromatic carbocycles. The van der Waals surface area contributed by atoms with E-state index in [0.717, 1.165) is 19.4 Å². The van der Waals surface area contributed by atoms with E-state index < -0.39 is 0 Å². The van der Waals surface area contributed by atoms with Crippen LogP contribution in [-0.2, 0) is 9.53 Å². The van der Waals surface area contributed by atoms with Gasteiger partial charge in [-0.15, -0.1) is 0 Å². The van der Waals surface area contributed by atoms with Crippen LogP contribution in [0.4, 0.5) is 0 Å². The van der Waals surface area contributed by atoms with Gasteiger partial charge in [0, 0.05) is 12.6 Å². The summed E-state index contributed by atoms with van der Waals surface area (Å²) in [4.78, 5) is 14.1. The molecule has 18 heavy (non-hydrogen) atoms. The molecule has 2 aliphatic rings. The van der Waals surface area contributed by atoms with Gasteiger partial charge in [-0.05, 0) is 42.2 Å². The summed E-state index contributed by atoms with van der Waals surface area (Å²) in [6.07, 6.45) is 2.19. The van der Waals surface area contributed by atoms with Crippen LogP contribution in [0.3, 0.4) is 0 Å². The largest absolute Gasteiger partial charge is 0.378 e. The fourth-order valence-corrected chi connectivity index (χ4v) is 3.55. The molecule has 0 bridgehead atoms. The summed E-state index contributed by atoms with van der Waals surface area (Å²) in [5, 5.41) is 7.49. The average Bonchev–Trinajstić information content (AvgIpc) is 2.97. The highest BCUT2D eigenvalue weighted by Gasteiger charge is 2.38. The maximum atomic E-state index is 12.1. The molecule has 0 saturated carbocycles. The zero-order valence-electron chi connectivity index (χ0n) is 10.5. The lowest BCUT2D eigenvalue weighted by molar-refractivity contribution is -0.133. The number of nitrogens with zero attached hydrogens (tertiary/aromatic N) is 1. The van der Waals surface area contributed by atoms with E-state index in [0.29, 0.717) is 12.6 Å². The molecule has 1 amide bonds. The van der Waals surface area contributed by atoms with Crippen LogP contribution in [0.15, 0.2) is 16.8 Å². The molecule has 3 unspecified atom stereocenters. The number of carbonyl (C=O) groups is 1. The third-order valence-corrected chi connectivity index (χ3v) is 4.42. The lowest BCUT2D eigenvalue weighted by Crippen LogP contribution is -2.44. The van der Waals surface area contributed by atoms with Gasteiger partial charge in [0.1, 0.15) is 6.17 Å². The van der Waals surface area contributed by atoms with E-state index in [2.05, 4.69) is 29.1 Å². The van der Waals surface area contributed by atoms with Gasteiger partial charge in [-0.3, -0.25) is 10.1 Å². The molecule has 0 radical (unpaired) electrons. The Bertz CT molecular complexity index is 421. The Morgan fingerprint density at radius 2 is 2.44 bits per heavy atom. The van der Waals surface area contributed by atoms with Gasteiger partial charge in [0.05, 0.1) is 12.6 Å². The average molecular weight is 266 g/mol. The highest BCUT2D eigenvalue weighted by molar-refractivity contribution is 7.07. The molecular formula is C13H18N2O2S. The molecule has 0 aliphatic carbocycles. The van der Waals surface area contributed by atoms with Crippen molar-refractivity contribution in [3.05, 3.63) is 22.4 Å². The van der Waals surface area contributed by atoms with Crippen LogP contribution in [0.2, 0.25) is 0 Å². The van der Waals surface area contributed by atoms with Gasteiger partial charge in [-0.25, -0.2) is 0 Å². The number of rotatable bonds is 2. The van der Waals surface area contributed by atoms with Gasteiger partial charge >= 0.3 is 0 Å². The Labute approximate surface area is 111 Å². The van der Waals surface area contributed by atoms with Crippen LogP contribution in [0.1, 0.15) is 31.5 Å². The minimum absolute atomic E-state index is 0.0547. The summed E-state index contributed by atoms with van der Waals surface area (Å²) < 4.78 is 5.57. The standard InChI is InChI=1S/C13H18N2O2S/c1-9-6-11(2-4-17-9)15-12(16)7-14-13(15)10-3-5-18-8-10/h3,5,8-9,11,13-14H,2,4,6-7H2,1H3.